The predicted octanol–water partition coefficient (Wildman–Crippen LogP) is 2.21. The molecule has 4 heterocycles. The van der Waals surface area contributed by atoms with E-state index in [1.54, 1.807) is 0 Å². The third-order valence-corrected chi connectivity index (χ3v) is 6.14. The summed E-state index contributed by atoms with van der Waals surface area (Å²) in [6, 6.07) is 4.39. The van der Waals surface area contributed by atoms with Crippen molar-refractivity contribution in [2.24, 2.45) is 12.5 Å². The Bertz CT molecular complexity index is 656. The third-order valence-electron chi connectivity index (χ3n) is 5.28. The molecule has 1 atom stereocenters. The van der Waals surface area contributed by atoms with Gasteiger partial charge in [0.2, 0.25) is 0 Å². The highest BCUT2D eigenvalue weighted by atomic mass is 32.1. The van der Waals surface area contributed by atoms with E-state index in [1.165, 1.54) is 17.8 Å². The Morgan fingerprint density at radius 3 is 2.88 bits per heavy atom. The molecule has 1 spiro atoms. The Kier molecular flexibility index (Phi) is 4.72. The number of likely N-dealkylation sites (tertiary alicyclic amines) is 1. The lowest BCUT2D eigenvalue weighted by atomic mass is 9.87. The summed E-state index contributed by atoms with van der Waals surface area (Å²) in [5.41, 5.74) is 0.277. The molecule has 0 N–H and O–H groups in total. The van der Waals surface area contributed by atoms with E-state index in [9.17, 15) is 0 Å². The molecule has 24 heavy (non-hydrogen) atoms. The first kappa shape index (κ1) is 16.3. The first-order chi connectivity index (χ1) is 11.7. The van der Waals surface area contributed by atoms with Crippen LogP contribution in [0.15, 0.2) is 29.9 Å². The molecule has 130 valence electrons. The Labute approximate surface area is 147 Å². The van der Waals surface area contributed by atoms with E-state index in [0.717, 1.165) is 51.8 Å². The van der Waals surface area contributed by atoms with Gasteiger partial charge >= 0.3 is 0 Å². The van der Waals surface area contributed by atoms with Crippen molar-refractivity contribution in [3.05, 3.63) is 40.6 Å². The minimum atomic E-state index is 0.277. The van der Waals surface area contributed by atoms with Crippen molar-refractivity contribution in [1.29, 1.82) is 0 Å². The van der Waals surface area contributed by atoms with Gasteiger partial charge in [0, 0.05) is 55.9 Å². The molecule has 2 fully saturated rings. The van der Waals surface area contributed by atoms with E-state index in [2.05, 4.69) is 43.9 Å². The van der Waals surface area contributed by atoms with Gasteiger partial charge < -0.3 is 9.30 Å². The minimum Gasteiger partial charge on any atom is -0.379 e. The van der Waals surface area contributed by atoms with Crippen LogP contribution in [-0.4, -0.2) is 58.7 Å². The number of ether oxygens (including phenoxy) is 1. The highest BCUT2D eigenvalue weighted by Gasteiger charge is 2.41. The van der Waals surface area contributed by atoms with E-state index in [1.807, 2.05) is 23.7 Å². The molecule has 2 saturated heterocycles. The number of hydrogen-bond donors (Lipinski definition) is 0. The molecule has 0 bridgehead atoms. The Morgan fingerprint density at radius 1 is 1.25 bits per heavy atom. The van der Waals surface area contributed by atoms with Gasteiger partial charge in [-0.25, -0.2) is 4.98 Å². The van der Waals surface area contributed by atoms with E-state index in [4.69, 9.17) is 4.74 Å². The van der Waals surface area contributed by atoms with E-state index in [0.29, 0.717) is 0 Å². The largest absolute Gasteiger partial charge is 0.379 e. The molecule has 0 unspecified atom stereocenters. The molecule has 2 aromatic heterocycles. The lowest BCUT2D eigenvalue weighted by Crippen LogP contribution is -2.40. The van der Waals surface area contributed by atoms with Crippen LogP contribution in [-0.2, 0) is 24.9 Å². The summed E-state index contributed by atoms with van der Waals surface area (Å²) >= 11 is 1.86. The van der Waals surface area contributed by atoms with Gasteiger partial charge in [-0.15, -0.1) is 11.3 Å². The summed E-state index contributed by atoms with van der Waals surface area (Å²) in [7, 11) is 2.07. The molecule has 2 aliphatic heterocycles. The van der Waals surface area contributed by atoms with Gasteiger partial charge in [0.15, 0.2) is 0 Å². The smallest absolute Gasteiger partial charge is 0.122 e. The van der Waals surface area contributed by atoms with Gasteiger partial charge in [0.1, 0.15) is 5.82 Å². The van der Waals surface area contributed by atoms with Crippen LogP contribution in [0.5, 0.6) is 0 Å². The van der Waals surface area contributed by atoms with Crippen molar-refractivity contribution >= 4 is 11.3 Å². The first-order valence-corrected chi connectivity index (χ1v) is 9.62. The van der Waals surface area contributed by atoms with Gasteiger partial charge in [-0.2, -0.15) is 0 Å². The Hall–Kier alpha value is -1.21. The van der Waals surface area contributed by atoms with Crippen molar-refractivity contribution in [3.8, 4) is 0 Å². The second kappa shape index (κ2) is 6.96. The molecule has 0 amide bonds. The second-order valence-corrected chi connectivity index (χ2v) is 8.29. The zero-order chi connectivity index (χ0) is 16.4. The topological polar surface area (TPSA) is 33.5 Å². The maximum absolute atomic E-state index is 6.00. The summed E-state index contributed by atoms with van der Waals surface area (Å²) in [5.74, 6) is 1.14. The SMILES string of the molecule is Cn1ccnc1CN1CCOC[C@@]2(CCN(Cc3cccs3)C2)C1. The molecular weight excluding hydrogens is 320 g/mol. The van der Waals surface area contributed by atoms with Crippen LogP contribution >= 0.6 is 11.3 Å². The molecule has 5 nitrogen and oxygen atoms in total. The molecule has 6 heteroatoms. The molecular formula is C18H26N4OS. The number of aryl methyl sites for hydroxylation is 1. The maximum Gasteiger partial charge on any atom is 0.122 e. The standard InChI is InChI=1S/C18H26N4OS/c1-20-7-5-19-17(20)12-22-8-9-23-15-18(14-22)4-6-21(13-18)11-16-3-2-10-24-16/h2-3,5,7,10H,4,6,8-9,11-15H2,1H3/t18-/m1/s1. The highest BCUT2D eigenvalue weighted by molar-refractivity contribution is 7.09. The van der Waals surface area contributed by atoms with Crippen molar-refractivity contribution in [1.82, 2.24) is 19.4 Å². The van der Waals surface area contributed by atoms with Crippen LogP contribution in [0.2, 0.25) is 0 Å². The number of imidazole rings is 1. The number of thiophene rings is 1. The van der Waals surface area contributed by atoms with Gasteiger partial charge in [0.05, 0.1) is 19.8 Å². The normalized spacial score (nSPS) is 26.2. The molecule has 0 aliphatic carbocycles. The molecule has 0 saturated carbocycles. The van der Waals surface area contributed by atoms with Crippen LogP contribution in [0.1, 0.15) is 17.1 Å². The highest BCUT2D eigenvalue weighted by Crippen LogP contribution is 2.34. The monoisotopic (exact) mass is 346 g/mol. The molecule has 0 radical (unpaired) electrons. The van der Waals surface area contributed by atoms with Gasteiger partial charge in [-0.05, 0) is 24.4 Å². The summed E-state index contributed by atoms with van der Waals surface area (Å²) < 4.78 is 8.12. The fraction of sp³-hybridized carbons (Fsp3) is 0.611. The van der Waals surface area contributed by atoms with E-state index in [-0.39, 0.29) is 5.41 Å². The number of hydrogen-bond acceptors (Lipinski definition) is 5. The summed E-state index contributed by atoms with van der Waals surface area (Å²) in [4.78, 5) is 11.1. The number of aromatic nitrogens is 2. The van der Waals surface area contributed by atoms with Crippen molar-refractivity contribution < 1.29 is 4.74 Å². The van der Waals surface area contributed by atoms with E-state index >= 15 is 0 Å². The first-order valence-electron chi connectivity index (χ1n) is 8.74. The molecule has 2 aromatic rings. The van der Waals surface area contributed by atoms with Gasteiger partial charge in [0.25, 0.3) is 0 Å². The molecule has 2 aliphatic rings. The van der Waals surface area contributed by atoms with E-state index < -0.39 is 0 Å². The van der Waals surface area contributed by atoms with Crippen LogP contribution in [0.25, 0.3) is 0 Å². The lowest BCUT2D eigenvalue weighted by molar-refractivity contribution is 0.0706. The second-order valence-electron chi connectivity index (χ2n) is 7.26. The fourth-order valence-electron chi connectivity index (χ4n) is 4.00. The minimum absolute atomic E-state index is 0.277. The summed E-state index contributed by atoms with van der Waals surface area (Å²) in [6.07, 6.45) is 5.14. The lowest BCUT2D eigenvalue weighted by Gasteiger charge is -2.31. The number of rotatable bonds is 4. The van der Waals surface area contributed by atoms with Crippen LogP contribution in [0.3, 0.4) is 0 Å². The zero-order valence-electron chi connectivity index (χ0n) is 14.4. The Balaban J connectivity index is 1.41. The predicted molar refractivity (Wildman–Crippen MR) is 96.0 cm³/mol. The van der Waals surface area contributed by atoms with Crippen LogP contribution in [0, 0.1) is 5.41 Å². The zero-order valence-corrected chi connectivity index (χ0v) is 15.2. The Morgan fingerprint density at radius 2 is 2.12 bits per heavy atom. The molecule has 4 rings (SSSR count). The van der Waals surface area contributed by atoms with Crippen molar-refractivity contribution in [2.45, 2.75) is 19.5 Å². The fourth-order valence-corrected chi connectivity index (χ4v) is 4.74. The number of nitrogens with zero attached hydrogens (tertiary/aromatic N) is 4. The quantitative estimate of drug-likeness (QED) is 0.850. The average Bonchev–Trinajstić information content (AvgIpc) is 3.26. The average molecular weight is 347 g/mol. The van der Waals surface area contributed by atoms with Gasteiger partial charge in [-0.3, -0.25) is 9.80 Å². The van der Waals surface area contributed by atoms with Crippen molar-refractivity contribution in [2.75, 3.05) is 39.4 Å². The van der Waals surface area contributed by atoms with Gasteiger partial charge in [-0.1, -0.05) is 6.07 Å². The summed E-state index contributed by atoms with van der Waals surface area (Å²) in [5, 5.41) is 2.17. The third kappa shape index (κ3) is 3.57. The molecule has 0 aromatic carbocycles. The van der Waals surface area contributed by atoms with Crippen LogP contribution in [0.4, 0.5) is 0 Å². The van der Waals surface area contributed by atoms with Crippen LogP contribution < -0.4 is 0 Å². The summed E-state index contributed by atoms with van der Waals surface area (Å²) in [6.45, 7) is 8.15. The maximum atomic E-state index is 6.00. The van der Waals surface area contributed by atoms with Crippen molar-refractivity contribution in [3.63, 3.8) is 0 Å².